The fourth-order valence-corrected chi connectivity index (χ4v) is 1.55. The summed E-state index contributed by atoms with van der Waals surface area (Å²) in [5.41, 5.74) is -0.151. The van der Waals surface area contributed by atoms with E-state index in [-0.39, 0.29) is 5.39 Å². The van der Waals surface area contributed by atoms with Crippen LogP contribution in [0.3, 0.4) is 0 Å². The van der Waals surface area contributed by atoms with E-state index in [0.29, 0.717) is 9.99 Å². The SMILES string of the molecule is Cn1cnc2c(Br)cnc(F)c2c1=O. The molecule has 0 atom stereocenters. The second kappa shape index (κ2) is 3.13. The van der Waals surface area contributed by atoms with Crippen LogP contribution in [0.5, 0.6) is 0 Å². The second-order valence-electron chi connectivity index (χ2n) is 2.78. The molecule has 0 bridgehead atoms. The minimum atomic E-state index is -0.795. The minimum absolute atomic E-state index is 0.0932. The molecular formula is C8H5BrFN3O. The Balaban J connectivity index is 3.09. The zero-order valence-corrected chi connectivity index (χ0v) is 8.75. The van der Waals surface area contributed by atoms with E-state index in [1.807, 2.05) is 0 Å². The third kappa shape index (κ3) is 1.22. The largest absolute Gasteiger partial charge is 0.302 e. The van der Waals surface area contributed by atoms with Crippen LogP contribution in [0.15, 0.2) is 21.8 Å². The summed E-state index contributed by atoms with van der Waals surface area (Å²) in [5, 5.41) is -0.0932. The standard InChI is InChI=1S/C8H5BrFN3O/c1-13-3-12-6-4(9)2-11-7(10)5(6)8(13)14/h2-3H,1H3. The van der Waals surface area contributed by atoms with Crippen LogP contribution in [0.25, 0.3) is 10.9 Å². The highest BCUT2D eigenvalue weighted by Gasteiger charge is 2.11. The molecule has 0 radical (unpaired) electrons. The zero-order valence-electron chi connectivity index (χ0n) is 7.16. The van der Waals surface area contributed by atoms with Crippen molar-refractivity contribution in [3.05, 3.63) is 33.3 Å². The molecule has 0 aliphatic heterocycles. The number of halogens is 2. The lowest BCUT2D eigenvalue weighted by Gasteiger charge is -2.01. The quantitative estimate of drug-likeness (QED) is 0.668. The van der Waals surface area contributed by atoms with Gasteiger partial charge in [0.1, 0.15) is 5.39 Å². The summed E-state index contributed by atoms with van der Waals surface area (Å²) in [5.74, 6) is -0.795. The number of rotatable bonds is 0. The Labute approximate surface area is 86.5 Å². The van der Waals surface area contributed by atoms with Gasteiger partial charge in [0.25, 0.3) is 5.56 Å². The first-order valence-corrected chi connectivity index (χ1v) is 4.56. The smallest absolute Gasteiger partial charge is 0.265 e. The topological polar surface area (TPSA) is 47.8 Å². The maximum Gasteiger partial charge on any atom is 0.265 e. The molecule has 0 aromatic carbocycles. The van der Waals surface area contributed by atoms with Crippen molar-refractivity contribution in [3.8, 4) is 0 Å². The van der Waals surface area contributed by atoms with E-state index >= 15 is 0 Å². The van der Waals surface area contributed by atoms with Gasteiger partial charge in [0.05, 0.1) is 16.3 Å². The van der Waals surface area contributed by atoms with Crippen molar-refractivity contribution >= 4 is 26.8 Å². The lowest BCUT2D eigenvalue weighted by atomic mass is 10.3. The van der Waals surface area contributed by atoms with Crippen LogP contribution in [0.4, 0.5) is 4.39 Å². The van der Waals surface area contributed by atoms with Crippen molar-refractivity contribution in [2.75, 3.05) is 0 Å². The third-order valence-corrected chi connectivity index (χ3v) is 2.44. The summed E-state index contributed by atoms with van der Waals surface area (Å²) in [6, 6.07) is 0. The van der Waals surface area contributed by atoms with Crippen molar-refractivity contribution in [2.24, 2.45) is 7.05 Å². The highest BCUT2D eigenvalue weighted by molar-refractivity contribution is 9.10. The molecule has 0 N–H and O–H groups in total. The highest BCUT2D eigenvalue weighted by Crippen LogP contribution is 2.19. The Morgan fingerprint density at radius 1 is 1.50 bits per heavy atom. The molecule has 0 aliphatic carbocycles. The van der Waals surface area contributed by atoms with E-state index in [1.165, 1.54) is 24.1 Å². The summed E-state index contributed by atoms with van der Waals surface area (Å²) in [6.45, 7) is 0. The maximum atomic E-state index is 13.2. The highest BCUT2D eigenvalue weighted by atomic mass is 79.9. The summed E-state index contributed by atoms with van der Waals surface area (Å²) in [6.07, 6.45) is 2.62. The molecular weight excluding hydrogens is 253 g/mol. The number of pyridine rings is 1. The van der Waals surface area contributed by atoms with Crippen LogP contribution in [0, 0.1) is 5.95 Å². The van der Waals surface area contributed by atoms with E-state index in [4.69, 9.17) is 0 Å². The molecule has 6 heteroatoms. The molecule has 0 amide bonds. The molecule has 14 heavy (non-hydrogen) atoms. The summed E-state index contributed by atoms with van der Waals surface area (Å²) in [4.78, 5) is 18.9. The first-order chi connectivity index (χ1) is 6.61. The molecule has 2 rings (SSSR count). The Morgan fingerprint density at radius 2 is 2.21 bits per heavy atom. The summed E-state index contributed by atoms with van der Waals surface area (Å²) < 4.78 is 14.9. The van der Waals surface area contributed by atoms with Gasteiger partial charge in [-0.15, -0.1) is 0 Å². The van der Waals surface area contributed by atoms with Gasteiger partial charge in [-0.25, -0.2) is 9.97 Å². The molecule has 0 fully saturated rings. The molecule has 0 saturated carbocycles. The molecule has 0 saturated heterocycles. The van der Waals surface area contributed by atoms with Gasteiger partial charge in [-0.3, -0.25) is 4.79 Å². The molecule has 0 spiro atoms. The van der Waals surface area contributed by atoms with Gasteiger partial charge >= 0.3 is 0 Å². The van der Waals surface area contributed by atoms with Gasteiger partial charge in [-0.2, -0.15) is 4.39 Å². The fourth-order valence-electron chi connectivity index (χ4n) is 1.15. The lowest BCUT2D eigenvalue weighted by Crippen LogP contribution is -2.18. The van der Waals surface area contributed by atoms with E-state index < -0.39 is 11.5 Å². The molecule has 2 aromatic rings. The van der Waals surface area contributed by atoms with Crippen molar-refractivity contribution in [3.63, 3.8) is 0 Å². The average Bonchev–Trinajstić information content (AvgIpc) is 2.16. The molecule has 0 unspecified atom stereocenters. The van der Waals surface area contributed by atoms with Crippen molar-refractivity contribution in [1.82, 2.24) is 14.5 Å². The number of hydrogen-bond donors (Lipinski definition) is 0. The first kappa shape index (κ1) is 9.26. The molecule has 0 aliphatic rings. The van der Waals surface area contributed by atoms with E-state index in [1.54, 1.807) is 0 Å². The second-order valence-corrected chi connectivity index (χ2v) is 3.64. The fraction of sp³-hybridized carbons (Fsp3) is 0.125. The third-order valence-electron chi connectivity index (χ3n) is 1.85. The monoisotopic (exact) mass is 257 g/mol. The number of aryl methyl sites for hydroxylation is 1. The Kier molecular flexibility index (Phi) is 2.07. The Hall–Kier alpha value is -1.30. The summed E-state index contributed by atoms with van der Waals surface area (Å²) in [7, 11) is 1.51. The van der Waals surface area contributed by atoms with Crippen LogP contribution in [0.2, 0.25) is 0 Å². The van der Waals surface area contributed by atoms with Gasteiger partial charge in [0.15, 0.2) is 0 Å². The minimum Gasteiger partial charge on any atom is -0.302 e. The molecule has 72 valence electrons. The van der Waals surface area contributed by atoms with E-state index in [0.717, 1.165) is 0 Å². The predicted molar refractivity (Wildman–Crippen MR) is 52.4 cm³/mol. The van der Waals surface area contributed by atoms with Crippen LogP contribution < -0.4 is 5.56 Å². The number of hydrogen-bond acceptors (Lipinski definition) is 3. The van der Waals surface area contributed by atoms with E-state index in [9.17, 15) is 9.18 Å². The first-order valence-electron chi connectivity index (χ1n) is 3.76. The average molecular weight is 258 g/mol. The van der Waals surface area contributed by atoms with Gasteiger partial charge in [0, 0.05) is 13.2 Å². The van der Waals surface area contributed by atoms with Gasteiger partial charge in [-0.1, -0.05) is 0 Å². The summed E-state index contributed by atoms with van der Waals surface area (Å²) >= 11 is 3.15. The normalized spacial score (nSPS) is 10.8. The van der Waals surface area contributed by atoms with Gasteiger partial charge < -0.3 is 4.57 Å². The van der Waals surface area contributed by atoms with Gasteiger partial charge in [0.2, 0.25) is 5.95 Å². The van der Waals surface area contributed by atoms with Crippen molar-refractivity contribution in [1.29, 1.82) is 0 Å². The number of aromatic nitrogens is 3. The molecule has 2 heterocycles. The van der Waals surface area contributed by atoms with Crippen molar-refractivity contribution < 1.29 is 4.39 Å². The van der Waals surface area contributed by atoms with Crippen LogP contribution >= 0.6 is 15.9 Å². The number of fused-ring (bicyclic) bond motifs is 1. The van der Waals surface area contributed by atoms with Gasteiger partial charge in [-0.05, 0) is 15.9 Å². The Bertz CT molecular complexity index is 566. The Morgan fingerprint density at radius 3 is 2.93 bits per heavy atom. The van der Waals surface area contributed by atoms with Crippen LogP contribution in [0.1, 0.15) is 0 Å². The predicted octanol–water partition coefficient (Wildman–Crippen LogP) is 1.23. The lowest BCUT2D eigenvalue weighted by molar-refractivity contribution is 0.593. The maximum absolute atomic E-state index is 13.2. The van der Waals surface area contributed by atoms with Crippen molar-refractivity contribution in [2.45, 2.75) is 0 Å². The zero-order chi connectivity index (χ0) is 10.3. The van der Waals surface area contributed by atoms with Crippen LogP contribution in [-0.2, 0) is 7.05 Å². The molecule has 4 nitrogen and oxygen atoms in total. The van der Waals surface area contributed by atoms with E-state index in [2.05, 4.69) is 25.9 Å². The number of nitrogens with zero attached hydrogens (tertiary/aromatic N) is 3. The van der Waals surface area contributed by atoms with Crippen LogP contribution in [-0.4, -0.2) is 14.5 Å². The molecule has 2 aromatic heterocycles.